The molecule has 0 heterocycles. The molecule has 2 unspecified atom stereocenters. The molecule has 1 aliphatic rings. The zero-order chi connectivity index (χ0) is 15.3. The molecule has 1 saturated carbocycles. The maximum Gasteiger partial charge on any atom is 0.178 e. The van der Waals surface area contributed by atoms with E-state index < -0.39 is 9.84 Å². The Kier molecular flexibility index (Phi) is 5.65. The molecule has 5 heteroatoms. The highest BCUT2D eigenvalue weighted by atomic mass is 32.2. The maximum absolute atomic E-state index is 12.0. The largest absolute Gasteiger partial charge is 0.382 e. The molecule has 0 saturated heterocycles. The van der Waals surface area contributed by atoms with Gasteiger partial charge in [-0.05, 0) is 56.0 Å². The minimum atomic E-state index is -3.12. The molecule has 4 nitrogen and oxygen atoms in total. The van der Waals surface area contributed by atoms with E-state index in [1.54, 1.807) is 12.1 Å². The van der Waals surface area contributed by atoms with E-state index in [4.69, 9.17) is 5.73 Å². The fourth-order valence-electron chi connectivity index (χ4n) is 3.04. The smallest absolute Gasteiger partial charge is 0.178 e. The number of nitrogens with one attached hydrogen (secondary N) is 1. The van der Waals surface area contributed by atoms with Crippen molar-refractivity contribution in [2.45, 2.75) is 50.0 Å². The zero-order valence-electron chi connectivity index (χ0n) is 12.7. The van der Waals surface area contributed by atoms with Gasteiger partial charge in [-0.1, -0.05) is 19.8 Å². The Balaban J connectivity index is 2.05. The first-order chi connectivity index (χ1) is 10.1. The summed E-state index contributed by atoms with van der Waals surface area (Å²) in [5.74, 6) is 0.722. The van der Waals surface area contributed by atoms with Crippen LogP contribution in [0.3, 0.4) is 0 Å². The van der Waals surface area contributed by atoms with Crippen molar-refractivity contribution in [3.8, 4) is 0 Å². The van der Waals surface area contributed by atoms with Crippen molar-refractivity contribution in [2.24, 2.45) is 11.7 Å². The van der Waals surface area contributed by atoms with Gasteiger partial charge < -0.3 is 11.1 Å². The lowest BCUT2D eigenvalue weighted by Gasteiger charge is -2.32. The summed E-state index contributed by atoms with van der Waals surface area (Å²) in [7, 11) is -3.12. The van der Waals surface area contributed by atoms with Crippen molar-refractivity contribution >= 4 is 15.5 Å². The molecule has 21 heavy (non-hydrogen) atoms. The Hall–Kier alpha value is -1.07. The summed E-state index contributed by atoms with van der Waals surface area (Å²) >= 11 is 0. The molecule has 0 amide bonds. The first-order valence-corrected chi connectivity index (χ1v) is 9.51. The van der Waals surface area contributed by atoms with Crippen LogP contribution in [0.2, 0.25) is 0 Å². The quantitative estimate of drug-likeness (QED) is 0.847. The van der Waals surface area contributed by atoms with E-state index in [0.717, 1.165) is 12.1 Å². The summed E-state index contributed by atoms with van der Waals surface area (Å²) in [5, 5.41) is 3.52. The number of hydrogen-bond donors (Lipinski definition) is 2. The molecule has 0 spiro atoms. The van der Waals surface area contributed by atoms with Crippen LogP contribution in [0.4, 0.5) is 5.69 Å². The van der Waals surface area contributed by atoms with E-state index in [1.165, 1.54) is 19.3 Å². The van der Waals surface area contributed by atoms with Crippen LogP contribution in [0.1, 0.15) is 39.0 Å². The first-order valence-electron chi connectivity index (χ1n) is 7.86. The van der Waals surface area contributed by atoms with E-state index in [-0.39, 0.29) is 5.75 Å². The topological polar surface area (TPSA) is 72.2 Å². The summed E-state index contributed by atoms with van der Waals surface area (Å²) in [5.41, 5.74) is 6.82. The van der Waals surface area contributed by atoms with Gasteiger partial charge in [0.15, 0.2) is 9.84 Å². The van der Waals surface area contributed by atoms with Gasteiger partial charge in [-0.2, -0.15) is 0 Å². The van der Waals surface area contributed by atoms with Gasteiger partial charge in [0.25, 0.3) is 0 Å². The Labute approximate surface area is 128 Å². The summed E-state index contributed by atoms with van der Waals surface area (Å²) in [6, 6.07) is 7.54. The van der Waals surface area contributed by atoms with Gasteiger partial charge in [0.05, 0.1) is 10.6 Å². The van der Waals surface area contributed by atoms with Gasteiger partial charge in [0.1, 0.15) is 0 Å². The van der Waals surface area contributed by atoms with E-state index in [9.17, 15) is 8.42 Å². The van der Waals surface area contributed by atoms with Crippen molar-refractivity contribution in [1.29, 1.82) is 0 Å². The van der Waals surface area contributed by atoms with Crippen LogP contribution in [-0.2, 0) is 9.84 Å². The van der Waals surface area contributed by atoms with Crippen LogP contribution < -0.4 is 11.1 Å². The van der Waals surface area contributed by atoms with Crippen LogP contribution in [0.25, 0.3) is 0 Å². The maximum atomic E-state index is 12.0. The number of rotatable bonds is 6. The van der Waals surface area contributed by atoms with E-state index >= 15 is 0 Å². The number of hydrogen-bond acceptors (Lipinski definition) is 4. The summed E-state index contributed by atoms with van der Waals surface area (Å²) < 4.78 is 24.0. The lowest BCUT2D eigenvalue weighted by Crippen LogP contribution is -2.36. The molecule has 0 bridgehead atoms. The minimum absolute atomic E-state index is 0.206. The molecular formula is C16H26N2O2S. The van der Waals surface area contributed by atoms with E-state index in [2.05, 4.69) is 5.32 Å². The first kappa shape index (κ1) is 16.3. The summed E-state index contributed by atoms with van der Waals surface area (Å²) in [6.07, 6.45) is 5.45. The Bertz CT molecular complexity index is 540. The predicted octanol–water partition coefficient (Wildman–Crippen LogP) is 2.80. The number of benzene rings is 1. The highest BCUT2D eigenvalue weighted by Crippen LogP contribution is 2.27. The molecule has 1 aliphatic carbocycles. The molecule has 0 aromatic heterocycles. The third kappa shape index (κ3) is 4.20. The molecule has 118 valence electrons. The molecule has 0 radical (unpaired) electrons. The highest BCUT2D eigenvalue weighted by molar-refractivity contribution is 7.91. The van der Waals surface area contributed by atoms with Gasteiger partial charge in [-0.3, -0.25) is 0 Å². The Morgan fingerprint density at radius 3 is 2.48 bits per heavy atom. The van der Waals surface area contributed by atoms with Crippen LogP contribution in [-0.4, -0.2) is 26.8 Å². The third-order valence-electron chi connectivity index (χ3n) is 4.25. The zero-order valence-corrected chi connectivity index (χ0v) is 13.5. The Morgan fingerprint density at radius 1 is 1.19 bits per heavy atom. The van der Waals surface area contributed by atoms with E-state index in [0.29, 0.717) is 29.8 Å². The molecule has 3 N–H and O–H groups in total. The predicted molar refractivity (Wildman–Crippen MR) is 87.2 cm³/mol. The van der Waals surface area contributed by atoms with Crippen molar-refractivity contribution < 1.29 is 8.42 Å². The second-order valence-corrected chi connectivity index (χ2v) is 7.98. The van der Waals surface area contributed by atoms with Gasteiger partial charge in [0.2, 0.25) is 0 Å². The molecule has 1 fully saturated rings. The lowest BCUT2D eigenvalue weighted by atomic mass is 9.84. The molecule has 2 rings (SSSR count). The van der Waals surface area contributed by atoms with Gasteiger partial charge in [0, 0.05) is 11.7 Å². The number of sulfone groups is 1. The molecule has 1 aromatic carbocycles. The number of nitrogens with two attached hydrogens (primary N) is 1. The number of anilines is 1. The third-order valence-corrected chi connectivity index (χ3v) is 6.19. The standard InChI is InChI=1S/C16H26N2O2S/c1-2-11-21(19,20)15-9-7-14(8-10-15)18-16-6-4-3-5-13(16)12-17/h7-10,13,16,18H,2-6,11-12,17H2,1H3. The highest BCUT2D eigenvalue weighted by Gasteiger charge is 2.23. The fourth-order valence-corrected chi connectivity index (χ4v) is 4.36. The average Bonchev–Trinajstić information content (AvgIpc) is 2.48. The fraction of sp³-hybridized carbons (Fsp3) is 0.625. The van der Waals surface area contributed by atoms with Gasteiger partial charge in [-0.25, -0.2) is 8.42 Å². The molecular weight excluding hydrogens is 284 g/mol. The Morgan fingerprint density at radius 2 is 1.86 bits per heavy atom. The molecule has 2 atom stereocenters. The van der Waals surface area contributed by atoms with Crippen molar-refractivity contribution in [3.05, 3.63) is 24.3 Å². The molecule has 0 aliphatic heterocycles. The SMILES string of the molecule is CCCS(=O)(=O)c1ccc(NC2CCCCC2CN)cc1. The normalized spacial score (nSPS) is 23.0. The lowest BCUT2D eigenvalue weighted by molar-refractivity contribution is 0.332. The molecule has 1 aromatic rings. The van der Waals surface area contributed by atoms with Crippen molar-refractivity contribution in [1.82, 2.24) is 0 Å². The van der Waals surface area contributed by atoms with Crippen LogP contribution >= 0.6 is 0 Å². The van der Waals surface area contributed by atoms with Crippen LogP contribution in [0.5, 0.6) is 0 Å². The average molecular weight is 310 g/mol. The van der Waals surface area contributed by atoms with Crippen molar-refractivity contribution in [2.75, 3.05) is 17.6 Å². The van der Waals surface area contributed by atoms with E-state index in [1.807, 2.05) is 19.1 Å². The summed E-state index contributed by atoms with van der Waals surface area (Å²) in [4.78, 5) is 0.411. The van der Waals surface area contributed by atoms with Gasteiger partial charge in [-0.15, -0.1) is 0 Å². The van der Waals surface area contributed by atoms with Crippen LogP contribution in [0.15, 0.2) is 29.2 Å². The van der Waals surface area contributed by atoms with Crippen LogP contribution in [0, 0.1) is 5.92 Å². The second-order valence-electron chi connectivity index (χ2n) is 5.87. The monoisotopic (exact) mass is 310 g/mol. The van der Waals surface area contributed by atoms with Crippen molar-refractivity contribution in [3.63, 3.8) is 0 Å². The minimum Gasteiger partial charge on any atom is -0.382 e. The second kappa shape index (κ2) is 7.27. The summed E-state index contributed by atoms with van der Waals surface area (Å²) in [6.45, 7) is 2.59. The van der Waals surface area contributed by atoms with Gasteiger partial charge >= 0.3 is 0 Å².